The number of hydrogen-bond acceptors (Lipinski definition) is 0. The molecule has 0 heteroatoms. The Bertz CT molecular complexity index is 1440. The molecule has 0 saturated carbocycles. The predicted molar refractivity (Wildman–Crippen MR) is 160 cm³/mol. The summed E-state index contributed by atoms with van der Waals surface area (Å²) in [5.41, 5.74) is 9.81. The van der Waals surface area contributed by atoms with Gasteiger partial charge in [-0.1, -0.05) is 170 Å². The molecule has 0 fully saturated rings. The van der Waals surface area contributed by atoms with Gasteiger partial charge in [0.05, 0.1) is 5.41 Å². The molecule has 5 aromatic carbocycles. The highest BCUT2D eigenvalue weighted by molar-refractivity contribution is 5.84. The molecule has 0 N–H and O–H groups in total. The molecule has 1 aliphatic rings. The lowest BCUT2D eigenvalue weighted by Crippen LogP contribution is -2.32. The van der Waals surface area contributed by atoms with Gasteiger partial charge in [0.1, 0.15) is 0 Å². The zero-order chi connectivity index (χ0) is 25.6. The molecule has 0 saturated heterocycles. The summed E-state index contributed by atoms with van der Waals surface area (Å²) in [6.45, 7) is 0. The van der Waals surface area contributed by atoms with Crippen molar-refractivity contribution in [3.05, 3.63) is 209 Å². The SMILES string of the molecule is C1=CC(=C(c2ccccc2)c2ccccc2)CC=C1C(c1ccccc1)(c1ccccc1)c1ccccc1. The summed E-state index contributed by atoms with van der Waals surface area (Å²) in [6.07, 6.45) is 7.99. The Labute approximate surface area is 226 Å². The fourth-order valence-corrected chi connectivity index (χ4v) is 5.82. The first kappa shape index (κ1) is 23.7. The van der Waals surface area contributed by atoms with E-state index >= 15 is 0 Å². The number of rotatable bonds is 6. The lowest BCUT2D eigenvalue weighted by molar-refractivity contribution is 0.737. The van der Waals surface area contributed by atoms with Crippen LogP contribution in [0.2, 0.25) is 0 Å². The van der Waals surface area contributed by atoms with Gasteiger partial charge < -0.3 is 0 Å². The first-order valence-corrected chi connectivity index (χ1v) is 13.3. The van der Waals surface area contributed by atoms with Gasteiger partial charge in [-0.2, -0.15) is 0 Å². The summed E-state index contributed by atoms with van der Waals surface area (Å²) < 4.78 is 0. The van der Waals surface area contributed by atoms with Gasteiger partial charge in [-0.3, -0.25) is 0 Å². The van der Waals surface area contributed by atoms with Gasteiger partial charge in [-0.25, -0.2) is 0 Å². The van der Waals surface area contributed by atoms with Gasteiger partial charge in [-0.05, 0) is 51.0 Å². The van der Waals surface area contributed by atoms with Crippen molar-refractivity contribution < 1.29 is 0 Å². The summed E-state index contributed by atoms with van der Waals surface area (Å²) in [4.78, 5) is 0. The van der Waals surface area contributed by atoms with E-state index in [4.69, 9.17) is 0 Å². The van der Waals surface area contributed by atoms with Crippen LogP contribution in [0.15, 0.2) is 181 Å². The molecule has 0 spiro atoms. The summed E-state index contributed by atoms with van der Waals surface area (Å²) in [5.74, 6) is 0. The smallest absolute Gasteiger partial charge is 0.0698 e. The summed E-state index contributed by atoms with van der Waals surface area (Å²) >= 11 is 0. The molecule has 0 aromatic heterocycles. The van der Waals surface area contributed by atoms with Gasteiger partial charge >= 0.3 is 0 Å². The average molecular weight is 487 g/mol. The topological polar surface area (TPSA) is 0 Å². The van der Waals surface area contributed by atoms with E-state index in [1.54, 1.807) is 0 Å². The highest BCUT2D eigenvalue weighted by Crippen LogP contribution is 2.47. The Morgan fingerprint density at radius 3 is 1.13 bits per heavy atom. The van der Waals surface area contributed by atoms with E-state index < -0.39 is 5.41 Å². The highest BCUT2D eigenvalue weighted by atomic mass is 14.4. The van der Waals surface area contributed by atoms with Crippen LogP contribution in [0.3, 0.4) is 0 Å². The monoisotopic (exact) mass is 486 g/mol. The standard InChI is InChI=1S/C38H30/c1-6-16-30(17-7-1)37(31-18-8-2-9-19-31)32-26-28-36(29-27-32)38(33-20-10-3-11-21-33,34-22-12-4-13-23-34)35-24-14-5-15-25-35/h1-26,28-29H,27H2. The Kier molecular flexibility index (Phi) is 6.70. The van der Waals surface area contributed by atoms with Crippen LogP contribution >= 0.6 is 0 Å². The Balaban J connectivity index is 1.56. The highest BCUT2D eigenvalue weighted by Gasteiger charge is 2.39. The van der Waals surface area contributed by atoms with Crippen LogP contribution in [0.25, 0.3) is 5.57 Å². The van der Waals surface area contributed by atoms with E-state index in [9.17, 15) is 0 Å². The van der Waals surface area contributed by atoms with Gasteiger partial charge in [0, 0.05) is 0 Å². The Morgan fingerprint density at radius 1 is 0.421 bits per heavy atom. The second-order valence-corrected chi connectivity index (χ2v) is 9.68. The van der Waals surface area contributed by atoms with Gasteiger partial charge in [0.2, 0.25) is 0 Å². The first-order valence-electron chi connectivity index (χ1n) is 13.3. The van der Waals surface area contributed by atoms with Crippen molar-refractivity contribution in [3.8, 4) is 0 Å². The average Bonchev–Trinajstić information content (AvgIpc) is 3.01. The largest absolute Gasteiger partial charge is 0.0753 e. The van der Waals surface area contributed by atoms with E-state index in [0.29, 0.717) is 0 Å². The van der Waals surface area contributed by atoms with Crippen molar-refractivity contribution in [3.63, 3.8) is 0 Å². The first-order chi connectivity index (χ1) is 18.9. The Hall–Kier alpha value is -4.68. The molecule has 0 heterocycles. The van der Waals surface area contributed by atoms with Crippen molar-refractivity contribution in [1.82, 2.24) is 0 Å². The third-order valence-electron chi connectivity index (χ3n) is 7.51. The van der Waals surface area contributed by atoms with Crippen molar-refractivity contribution in [2.24, 2.45) is 0 Å². The lowest BCUT2D eigenvalue weighted by atomic mass is 9.63. The zero-order valence-corrected chi connectivity index (χ0v) is 21.4. The van der Waals surface area contributed by atoms with E-state index in [1.165, 1.54) is 44.5 Å². The molecule has 0 aliphatic heterocycles. The van der Waals surface area contributed by atoms with Crippen molar-refractivity contribution >= 4 is 5.57 Å². The third kappa shape index (κ3) is 4.35. The van der Waals surface area contributed by atoms with Gasteiger partial charge in [0.15, 0.2) is 0 Å². The minimum absolute atomic E-state index is 0.411. The molecule has 0 unspecified atom stereocenters. The van der Waals surface area contributed by atoms with Crippen LogP contribution in [0, 0.1) is 0 Å². The molecule has 0 nitrogen and oxygen atoms in total. The number of hydrogen-bond donors (Lipinski definition) is 0. The zero-order valence-electron chi connectivity index (χ0n) is 21.4. The van der Waals surface area contributed by atoms with E-state index in [-0.39, 0.29) is 0 Å². The van der Waals surface area contributed by atoms with Crippen LogP contribution in [0.5, 0.6) is 0 Å². The maximum Gasteiger partial charge on any atom is 0.0698 e. The molecule has 182 valence electrons. The minimum atomic E-state index is -0.411. The third-order valence-corrected chi connectivity index (χ3v) is 7.51. The van der Waals surface area contributed by atoms with Gasteiger partial charge in [0.25, 0.3) is 0 Å². The van der Waals surface area contributed by atoms with E-state index in [2.05, 4.69) is 170 Å². The van der Waals surface area contributed by atoms with Crippen LogP contribution < -0.4 is 0 Å². The molecule has 6 rings (SSSR count). The Morgan fingerprint density at radius 2 is 0.789 bits per heavy atom. The molecule has 38 heavy (non-hydrogen) atoms. The van der Waals surface area contributed by atoms with Crippen LogP contribution in [0.1, 0.15) is 34.2 Å². The molecule has 1 aliphatic carbocycles. The molecule has 5 aromatic rings. The molecular weight excluding hydrogens is 456 g/mol. The lowest BCUT2D eigenvalue weighted by Gasteiger charge is -2.38. The van der Waals surface area contributed by atoms with Crippen molar-refractivity contribution in [2.75, 3.05) is 0 Å². The van der Waals surface area contributed by atoms with Crippen LogP contribution in [0.4, 0.5) is 0 Å². The van der Waals surface area contributed by atoms with Crippen molar-refractivity contribution in [1.29, 1.82) is 0 Å². The van der Waals surface area contributed by atoms with Crippen molar-refractivity contribution in [2.45, 2.75) is 11.8 Å². The summed E-state index contributed by atoms with van der Waals surface area (Å²) in [7, 11) is 0. The van der Waals surface area contributed by atoms with Gasteiger partial charge in [-0.15, -0.1) is 0 Å². The number of allylic oxidation sites excluding steroid dienone is 5. The molecule has 0 atom stereocenters. The minimum Gasteiger partial charge on any atom is -0.0753 e. The molecule has 0 radical (unpaired) electrons. The summed E-state index contributed by atoms with van der Waals surface area (Å²) in [5, 5.41) is 0. The van der Waals surface area contributed by atoms with Crippen LogP contribution in [-0.4, -0.2) is 0 Å². The fraction of sp³-hybridized carbons (Fsp3) is 0.0526. The number of benzene rings is 5. The second-order valence-electron chi connectivity index (χ2n) is 9.68. The summed E-state index contributed by atoms with van der Waals surface area (Å²) in [6, 6.07) is 54.3. The fourth-order valence-electron chi connectivity index (χ4n) is 5.82. The maximum atomic E-state index is 2.44. The molecule has 0 bridgehead atoms. The normalized spacial score (nSPS) is 13.2. The van der Waals surface area contributed by atoms with E-state index in [0.717, 1.165) is 6.42 Å². The maximum absolute atomic E-state index is 2.44. The molecular formula is C38H30. The van der Waals surface area contributed by atoms with Crippen LogP contribution in [-0.2, 0) is 5.41 Å². The molecule has 0 amide bonds. The predicted octanol–water partition coefficient (Wildman–Crippen LogP) is 9.41. The van der Waals surface area contributed by atoms with E-state index in [1.807, 2.05) is 0 Å². The second kappa shape index (κ2) is 10.7. The quantitative estimate of drug-likeness (QED) is 0.210.